The summed E-state index contributed by atoms with van der Waals surface area (Å²) in [5, 5.41) is 14.8. The third-order valence-electron chi connectivity index (χ3n) is 4.67. The van der Waals surface area contributed by atoms with Gasteiger partial charge < -0.3 is 30.1 Å². The third-order valence-corrected chi connectivity index (χ3v) is 4.67. The number of esters is 1. The molecule has 0 fully saturated rings. The molecule has 3 amide bonds. The van der Waals surface area contributed by atoms with E-state index in [0.717, 1.165) is 0 Å². The van der Waals surface area contributed by atoms with Gasteiger partial charge in [-0.15, -0.1) is 6.42 Å². The molecule has 3 N–H and O–H groups in total. The number of amides is 3. The van der Waals surface area contributed by atoms with Gasteiger partial charge in [-0.2, -0.15) is 0 Å². The average Bonchev–Trinajstić information content (AvgIpc) is 2.76. The van der Waals surface area contributed by atoms with E-state index < -0.39 is 60.3 Å². The number of nitrogens with zero attached hydrogens (tertiary/aromatic N) is 1. The van der Waals surface area contributed by atoms with E-state index in [1.54, 1.807) is 65.8 Å². The maximum atomic E-state index is 13.7. The number of aliphatic hydroxyl groups is 1. The number of benzene rings is 1. The molecule has 2 unspecified atom stereocenters. The zero-order valence-electron chi connectivity index (χ0n) is 21.3. The summed E-state index contributed by atoms with van der Waals surface area (Å²) < 4.78 is 9.78. The zero-order chi connectivity index (χ0) is 27.0. The first-order valence-corrected chi connectivity index (χ1v) is 11.0. The maximum Gasteiger partial charge on any atom is 0.408 e. The van der Waals surface area contributed by atoms with Gasteiger partial charge in [0.1, 0.15) is 24.2 Å². The molecule has 0 saturated carbocycles. The van der Waals surface area contributed by atoms with E-state index in [2.05, 4.69) is 21.3 Å². The molecule has 0 saturated heterocycles. The minimum atomic E-state index is -1.40. The molecule has 1 aromatic carbocycles. The van der Waals surface area contributed by atoms with E-state index >= 15 is 0 Å². The highest BCUT2D eigenvalue weighted by atomic mass is 16.6. The number of carbonyl (C=O) groups excluding carboxylic acids is 4. The van der Waals surface area contributed by atoms with Gasteiger partial charge >= 0.3 is 12.1 Å². The number of methoxy groups -OCH3 is 1. The number of aliphatic hydroxyl groups excluding tert-OH is 1. The molecule has 0 aliphatic heterocycles. The predicted octanol–water partition coefficient (Wildman–Crippen LogP) is 1.51. The molecule has 0 spiro atoms. The summed E-state index contributed by atoms with van der Waals surface area (Å²) >= 11 is 0. The Morgan fingerprint density at radius 3 is 2.09 bits per heavy atom. The predicted molar refractivity (Wildman–Crippen MR) is 129 cm³/mol. The summed E-state index contributed by atoms with van der Waals surface area (Å²) in [6, 6.07) is 3.80. The highest BCUT2D eigenvalue weighted by Crippen LogP contribution is 2.30. The summed E-state index contributed by atoms with van der Waals surface area (Å²) in [7, 11) is 1.18. The second kappa shape index (κ2) is 12.2. The van der Waals surface area contributed by atoms with Crippen LogP contribution in [0.25, 0.3) is 0 Å². The van der Waals surface area contributed by atoms with Crippen molar-refractivity contribution in [1.29, 1.82) is 0 Å². The van der Waals surface area contributed by atoms with E-state index in [0.29, 0.717) is 11.1 Å². The minimum Gasteiger partial charge on any atom is -0.468 e. The van der Waals surface area contributed by atoms with Gasteiger partial charge in [0.25, 0.3) is 0 Å². The Balaban J connectivity index is 3.47. The lowest BCUT2D eigenvalue weighted by Gasteiger charge is -2.42. The molecule has 0 radical (unpaired) electrons. The molecule has 0 aromatic heterocycles. The summed E-state index contributed by atoms with van der Waals surface area (Å²) in [6.07, 6.45) is 4.53. The van der Waals surface area contributed by atoms with Crippen LogP contribution in [0, 0.1) is 12.3 Å². The third kappa shape index (κ3) is 8.94. The van der Waals surface area contributed by atoms with Crippen molar-refractivity contribution < 1.29 is 33.8 Å². The van der Waals surface area contributed by atoms with Crippen molar-refractivity contribution in [2.24, 2.45) is 0 Å². The fraction of sp³-hybridized carbons (Fsp3) is 0.520. The molecule has 0 bridgehead atoms. The van der Waals surface area contributed by atoms with Crippen LogP contribution in [0.3, 0.4) is 0 Å². The van der Waals surface area contributed by atoms with Crippen LogP contribution in [-0.2, 0) is 23.9 Å². The number of ether oxygens (including phenoxy) is 2. The lowest BCUT2D eigenvalue weighted by Crippen LogP contribution is -2.59. The molecule has 10 heteroatoms. The monoisotopic (exact) mass is 489 g/mol. The smallest absolute Gasteiger partial charge is 0.408 e. The van der Waals surface area contributed by atoms with Gasteiger partial charge in [0.15, 0.2) is 0 Å². The molecule has 0 heterocycles. The standard InChI is InChI=1S/C25H35N3O7/c1-9-16-10-12-17(13-11-16)20(21(31)26-14-19(30)34-8)28(24(2,3)4)22(32)18(15-29)27-23(33)35-25(5,6)7/h1,10-13,18,20,29H,14-15H2,2-8H3,(H,26,31)(H,27,33). The van der Waals surface area contributed by atoms with Crippen molar-refractivity contribution in [2.75, 3.05) is 20.3 Å². The SMILES string of the molecule is C#Cc1ccc(C(C(=O)NCC(=O)OC)N(C(=O)C(CO)NC(=O)OC(C)(C)C)C(C)(C)C)cc1. The van der Waals surface area contributed by atoms with Gasteiger partial charge in [-0.3, -0.25) is 14.4 Å². The summed E-state index contributed by atoms with van der Waals surface area (Å²) in [6.45, 7) is 8.91. The van der Waals surface area contributed by atoms with Crippen LogP contribution in [0.2, 0.25) is 0 Å². The first kappa shape index (κ1) is 29.5. The molecular formula is C25H35N3O7. The topological polar surface area (TPSA) is 134 Å². The lowest BCUT2D eigenvalue weighted by atomic mass is 9.95. The van der Waals surface area contributed by atoms with Gasteiger partial charge in [0, 0.05) is 11.1 Å². The van der Waals surface area contributed by atoms with Crippen molar-refractivity contribution >= 4 is 23.9 Å². The summed E-state index contributed by atoms with van der Waals surface area (Å²) in [5.41, 5.74) is -0.816. The zero-order valence-corrected chi connectivity index (χ0v) is 21.3. The van der Waals surface area contributed by atoms with Crippen LogP contribution in [0.1, 0.15) is 58.7 Å². The molecule has 2 atom stereocenters. The normalized spacial score (nSPS) is 13.0. The molecule has 192 valence electrons. The summed E-state index contributed by atoms with van der Waals surface area (Å²) in [4.78, 5) is 52.1. The van der Waals surface area contributed by atoms with Crippen molar-refractivity contribution in [3.63, 3.8) is 0 Å². The molecular weight excluding hydrogens is 454 g/mol. The van der Waals surface area contributed by atoms with Gasteiger partial charge in [-0.1, -0.05) is 18.1 Å². The molecule has 1 rings (SSSR count). The minimum absolute atomic E-state index is 0.406. The van der Waals surface area contributed by atoms with E-state index in [-0.39, 0.29) is 0 Å². The van der Waals surface area contributed by atoms with E-state index in [1.165, 1.54) is 12.0 Å². The fourth-order valence-corrected chi connectivity index (χ4v) is 3.16. The average molecular weight is 490 g/mol. The number of hydrogen-bond acceptors (Lipinski definition) is 7. The van der Waals surface area contributed by atoms with Crippen molar-refractivity contribution in [3.8, 4) is 12.3 Å². The van der Waals surface area contributed by atoms with Gasteiger partial charge in [-0.05, 0) is 59.2 Å². The van der Waals surface area contributed by atoms with Crippen LogP contribution in [0.5, 0.6) is 0 Å². The van der Waals surface area contributed by atoms with Crippen LogP contribution >= 0.6 is 0 Å². The number of rotatable bonds is 8. The number of alkyl carbamates (subject to hydrolysis) is 1. The van der Waals surface area contributed by atoms with E-state index in [4.69, 9.17) is 11.2 Å². The second-order valence-corrected chi connectivity index (χ2v) is 9.72. The second-order valence-electron chi connectivity index (χ2n) is 9.72. The number of nitrogens with one attached hydrogen (secondary N) is 2. The largest absolute Gasteiger partial charge is 0.468 e. The molecule has 10 nitrogen and oxygen atoms in total. The number of carbonyl (C=O) groups is 4. The highest BCUT2D eigenvalue weighted by Gasteiger charge is 2.41. The molecule has 35 heavy (non-hydrogen) atoms. The van der Waals surface area contributed by atoms with E-state index in [1.807, 2.05) is 0 Å². The van der Waals surface area contributed by atoms with Crippen molar-refractivity contribution in [2.45, 2.75) is 64.8 Å². The maximum absolute atomic E-state index is 13.7. The Labute approximate surface area is 206 Å². The van der Waals surface area contributed by atoms with E-state index in [9.17, 15) is 24.3 Å². The fourth-order valence-electron chi connectivity index (χ4n) is 3.16. The Morgan fingerprint density at radius 1 is 1.09 bits per heavy atom. The van der Waals surface area contributed by atoms with Crippen LogP contribution in [-0.4, -0.2) is 71.3 Å². The number of terminal acetylenes is 1. The van der Waals surface area contributed by atoms with Crippen LogP contribution in [0.4, 0.5) is 4.79 Å². The highest BCUT2D eigenvalue weighted by molar-refractivity contribution is 5.93. The Kier molecular flexibility index (Phi) is 10.3. The molecule has 1 aromatic rings. The van der Waals surface area contributed by atoms with Crippen LogP contribution in [0.15, 0.2) is 24.3 Å². The molecule has 0 aliphatic rings. The van der Waals surface area contributed by atoms with Gasteiger partial charge in [0.05, 0.1) is 13.7 Å². The lowest BCUT2D eigenvalue weighted by molar-refractivity contribution is -0.150. The first-order valence-electron chi connectivity index (χ1n) is 11.0. The Morgan fingerprint density at radius 2 is 1.66 bits per heavy atom. The van der Waals surface area contributed by atoms with Crippen molar-refractivity contribution in [3.05, 3.63) is 35.4 Å². The van der Waals surface area contributed by atoms with Crippen molar-refractivity contribution in [1.82, 2.24) is 15.5 Å². The Bertz CT molecular complexity index is 953. The summed E-state index contributed by atoms with van der Waals surface area (Å²) in [5.74, 6) is 0.413. The van der Waals surface area contributed by atoms with Gasteiger partial charge in [-0.25, -0.2) is 4.79 Å². The van der Waals surface area contributed by atoms with Crippen LogP contribution < -0.4 is 10.6 Å². The first-order chi connectivity index (χ1) is 16.1. The van der Waals surface area contributed by atoms with Gasteiger partial charge in [0.2, 0.25) is 11.8 Å². The quantitative estimate of drug-likeness (QED) is 0.372. The Hall–Kier alpha value is -3.58. The molecule has 0 aliphatic carbocycles. The number of hydrogen-bond donors (Lipinski definition) is 3.